The maximum atomic E-state index is 11.8. The highest BCUT2D eigenvalue weighted by Crippen LogP contribution is 2.16. The maximum absolute atomic E-state index is 11.8. The highest BCUT2D eigenvalue weighted by molar-refractivity contribution is 5.29. The van der Waals surface area contributed by atoms with Crippen LogP contribution < -0.4 is 5.32 Å². The lowest BCUT2D eigenvalue weighted by atomic mass is 10.4. The molecule has 0 aromatic carbocycles. The lowest BCUT2D eigenvalue weighted by Gasteiger charge is -2.13. The van der Waals surface area contributed by atoms with Gasteiger partial charge < -0.3 is 14.6 Å². The van der Waals surface area contributed by atoms with Gasteiger partial charge in [-0.1, -0.05) is 0 Å². The Morgan fingerprint density at radius 3 is 2.67 bits per heavy atom. The summed E-state index contributed by atoms with van der Waals surface area (Å²) in [5, 5.41) is 2.96. The number of aromatic nitrogens is 2. The third kappa shape index (κ3) is 4.95. The van der Waals surface area contributed by atoms with Crippen LogP contribution in [-0.4, -0.2) is 35.5 Å². The number of nitrogens with one attached hydrogen (secondary N) is 1. The van der Waals surface area contributed by atoms with E-state index in [9.17, 15) is 13.2 Å². The number of alkyl halides is 3. The predicted octanol–water partition coefficient (Wildman–Crippen LogP) is 2.76. The molecule has 104 valence electrons. The molecular weight excluding hydrogens is 247 g/mol. The molecule has 7 heteroatoms. The van der Waals surface area contributed by atoms with E-state index in [2.05, 4.69) is 15.0 Å². The van der Waals surface area contributed by atoms with Crippen molar-refractivity contribution in [2.45, 2.75) is 33.0 Å². The highest BCUT2D eigenvalue weighted by atomic mass is 19.4. The van der Waals surface area contributed by atoms with Crippen molar-refractivity contribution in [2.24, 2.45) is 0 Å². The molecule has 0 radical (unpaired) electrons. The van der Waals surface area contributed by atoms with Gasteiger partial charge in [-0.2, -0.15) is 13.2 Å². The van der Waals surface area contributed by atoms with Crippen LogP contribution >= 0.6 is 0 Å². The quantitative estimate of drug-likeness (QED) is 0.804. The van der Waals surface area contributed by atoms with Crippen molar-refractivity contribution >= 4 is 5.95 Å². The van der Waals surface area contributed by atoms with E-state index in [1.165, 1.54) is 0 Å². The summed E-state index contributed by atoms with van der Waals surface area (Å²) in [6, 6.07) is 0.241. The number of hydrogen-bond acceptors (Lipinski definition) is 3. The van der Waals surface area contributed by atoms with Crippen molar-refractivity contribution in [3.63, 3.8) is 0 Å². The lowest BCUT2D eigenvalue weighted by molar-refractivity contribution is -0.172. The molecule has 0 spiro atoms. The highest BCUT2D eigenvalue weighted by Gasteiger charge is 2.27. The van der Waals surface area contributed by atoms with E-state index in [-0.39, 0.29) is 12.6 Å². The summed E-state index contributed by atoms with van der Waals surface area (Å²) in [5.41, 5.74) is 0.863. The Bertz CT molecular complexity index is 374. The Morgan fingerprint density at radius 2 is 2.11 bits per heavy atom. The molecular formula is C11H18F3N3O. The number of imidazole rings is 1. The molecule has 0 saturated carbocycles. The molecule has 0 aliphatic carbocycles. The van der Waals surface area contributed by atoms with Crippen molar-refractivity contribution in [3.05, 3.63) is 11.9 Å². The molecule has 18 heavy (non-hydrogen) atoms. The van der Waals surface area contributed by atoms with E-state index in [0.29, 0.717) is 12.5 Å². The largest absolute Gasteiger partial charge is 0.411 e. The van der Waals surface area contributed by atoms with Crippen LogP contribution in [0.2, 0.25) is 0 Å². The molecule has 1 aromatic heterocycles. The second-order valence-corrected chi connectivity index (χ2v) is 4.30. The van der Waals surface area contributed by atoms with Crippen LogP contribution in [0.5, 0.6) is 0 Å². The number of ether oxygens (including phenoxy) is 1. The summed E-state index contributed by atoms with van der Waals surface area (Å²) in [7, 11) is 0. The van der Waals surface area contributed by atoms with Crippen LogP contribution in [0, 0.1) is 6.92 Å². The summed E-state index contributed by atoms with van der Waals surface area (Å²) in [6.07, 6.45) is -2.38. The molecule has 0 atom stereocenters. The first-order valence-electron chi connectivity index (χ1n) is 5.73. The Hall–Kier alpha value is -1.24. The summed E-state index contributed by atoms with van der Waals surface area (Å²) in [6.45, 7) is 4.94. The van der Waals surface area contributed by atoms with Crippen LogP contribution in [0.1, 0.15) is 25.6 Å². The fraction of sp³-hybridized carbons (Fsp3) is 0.727. The third-order valence-corrected chi connectivity index (χ3v) is 2.20. The molecule has 0 aliphatic heterocycles. The second-order valence-electron chi connectivity index (χ2n) is 4.30. The van der Waals surface area contributed by atoms with Gasteiger partial charge in [-0.3, -0.25) is 0 Å². The zero-order chi connectivity index (χ0) is 13.8. The smallest absolute Gasteiger partial charge is 0.370 e. The molecule has 1 aromatic rings. The third-order valence-electron chi connectivity index (χ3n) is 2.20. The van der Waals surface area contributed by atoms with Crippen LogP contribution in [0.4, 0.5) is 19.1 Å². The van der Waals surface area contributed by atoms with E-state index in [1.807, 2.05) is 31.5 Å². The molecule has 0 fully saturated rings. The van der Waals surface area contributed by atoms with Gasteiger partial charge in [0.15, 0.2) is 0 Å². The second kappa shape index (κ2) is 6.08. The average Bonchev–Trinajstić information content (AvgIpc) is 2.57. The number of anilines is 1. The Kier molecular flexibility index (Phi) is 5.01. The number of hydrogen-bond donors (Lipinski definition) is 1. The fourth-order valence-electron chi connectivity index (χ4n) is 1.46. The molecule has 0 aliphatic rings. The number of halogens is 3. The number of nitrogens with zero attached hydrogens (tertiary/aromatic N) is 2. The summed E-state index contributed by atoms with van der Waals surface area (Å²) in [5.74, 6) is 0.651. The van der Waals surface area contributed by atoms with Gasteiger partial charge in [0.25, 0.3) is 0 Å². The molecule has 0 unspecified atom stereocenters. The summed E-state index contributed by atoms with van der Waals surface area (Å²) in [4.78, 5) is 4.25. The maximum Gasteiger partial charge on any atom is 0.411 e. The monoisotopic (exact) mass is 265 g/mol. The zero-order valence-electron chi connectivity index (χ0n) is 10.7. The molecule has 0 saturated heterocycles. The molecule has 4 nitrogen and oxygen atoms in total. The first-order valence-corrected chi connectivity index (χ1v) is 5.73. The molecule has 0 bridgehead atoms. The summed E-state index contributed by atoms with van der Waals surface area (Å²) < 4.78 is 41.9. The molecule has 0 amide bonds. The molecule has 1 rings (SSSR count). The molecule has 1 N–H and O–H groups in total. The van der Waals surface area contributed by atoms with Crippen molar-refractivity contribution in [1.82, 2.24) is 9.55 Å². The first kappa shape index (κ1) is 14.8. The van der Waals surface area contributed by atoms with Crippen LogP contribution in [0.15, 0.2) is 6.20 Å². The van der Waals surface area contributed by atoms with Gasteiger partial charge in [0, 0.05) is 18.8 Å². The zero-order valence-corrected chi connectivity index (χ0v) is 10.7. The first-order chi connectivity index (χ1) is 8.29. The fourth-order valence-corrected chi connectivity index (χ4v) is 1.46. The van der Waals surface area contributed by atoms with Gasteiger partial charge in [0.2, 0.25) is 5.95 Å². The van der Waals surface area contributed by atoms with Crippen LogP contribution in [0.3, 0.4) is 0 Å². The van der Waals surface area contributed by atoms with Gasteiger partial charge >= 0.3 is 6.18 Å². The van der Waals surface area contributed by atoms with Crippen molar-refractivity contribution in [2.75, 3.05) is 25.1 Å². The van der Waals surface area contributed by atoms with Crippen molar-refractivity contribution in [1.29, 1.82) is 0 Å². The van der Waals surface area contributed by atoms with Crippen molar-refractivity contribution < 1.29 is 17.9 Å². The lowest BCUT2D eigenvalue weighted by Crippen LogP contribution is -2.21. The minimum Gasteiger partial charge on any atom is -0.370 e. The minimum atomic E-state index is -4.27. The molecule has 1 heterocycles. The van der Waals surface area contributed by atoms with Gasteiger partial charge in [0.05, 0.1) is 12.3 Å². The Morgan fingerprint density at radius 1 is 1.44 bits per heavy atom. The average molecular weight is 265 g/mol. The van der Waals surface area contributed by atoms with E-state index in [1.54, 1.807) is 0 Å². The minimum absolute atomic E-state index is 0.0104. The van der Waals surface area contributed by atoms with E-state index in [0.717, 1.165) is 5.69 Å². The van der Waals surface area contributed by atoms with E-state index >= 15 is 0 Å². The van der Waals surface area contributed by atoms with E-state index < -0.39 is 12.8 Å². The normalized spacial score (nSPS) is 12.2. The number of rotatable bonds is 6. The van der Waals surface area contributed by atoms with Gasteiger partial charge in [-0.25, -0.2) is 4.98 Å². The summed E-state index contributed by atoms with van der Waals surface area (Å²) >= 11 is 0. The Balaban J connectivity index is 2.35. The van der Waals surface area contributed by atoms with Crippen LogP contribution in [-0.2, 0) is 4.74 Å². The Labute approximate surface area is 104 Å². The van der Waals surface area contributed by atoms with Crippen LogP contribution in [0.25, 0.3) is 0 Å². The SMILES string of the molecule is Cc1cn(C(C)C)c(NCCOCC(F)(F)F)n1. The standard InChI is InChI=1S/C11H18F3N3O/c1-8(2)17-6-9(3)16-10(17)15-4-5-18-7-11(12,13)14/h6,8H,4-5,7H2,1-3H3,(H,15,16). The topological polar surface area (TPSA) is 39.1 Å². The predicted molar refractivity (Wildman–Crippen MR) is 62.7 cm³/mol. The van der Waals surface area contributed by atoms with Gasteiger partial charge in [-0.05, 0) is 20.8 Å². The van der Waals surface area contributed by atoms with Gasteiger partial charge in [-0.15, -0.1) is 0 Å². The van der Waals surface area contributed by atoms with Gasteiger partial charge in [0.1, 0.15) is 6.61 Å². The van der Waals surface area contributed by atoms with E-state index in [4.69, 9.17) is 0 Å². The number of aryl methyl sites for hydroxylation is 1. The van der Waals surface area contributed by atoms with Crippen molar-refractivity contribution in [3.8, 4) is 0 Å².